The Kier molecular flexibility index (Phi) is 2.69. The van der Waals surface area contributed by atoms with Crippen molar-refractivity contribution in [2.24, 2.45) is 5.92 Å². The maximum Gasteiger partial charge on any atom is 0.128 e. The number of halogens is 1. The molecule has 1 atom stereocenters. The first-order valence-electron chi connectivity index (χ1n) is 4.04. The second-order valence-electron chi connectivity index (χ2n) is 3.24. The number of benzene rings is 1. The van der Waals surface area contributed by atoms with Crippen molar-refractivity contribution >= 4 is 0 Å². The first-order valence-corrected chi connectivity index (χ1v) is 4.04. The zero-order valence-electron chi connectivity index (χ0n) is 7.29. The average molecular weight is 168 g/mol. The van der Waals surface area contributed by atoms with Gasteiger partial charge in [0.05, 0.1) is 0 Å². The number of hydrogen-bond acceptors (Lipinski definition) is 1. The van der Waals surface area contributed by atoms with Crippen LogP contribution < -0.4 is 0 Å². The summed E-state index contributed by atoms with van der Waals surface area (Å²) in [6.07, 6.45) is -0.989. The molecule has 0 saturated heterocycles. The topological polar surface area (TPSA) is 20.2 Å². The van der Waals surface area contributed by atoms with Crippen LogP contribution in [0.3, 0.4) is 0 Å². The maximum absolute atomic E-state index is 13.3. The van der Waals surface area contributed by atoms with Crippen LogP contribution in [0.2, 0.25) is 0 Å². The first kappa shape index (κ1) is 9.04. The Morgan fingerprint density at radius 1 is 1.33 bits per heavy atom. The van der Waals surface area contributed by atoms with Gasteiger partial charge in [0.1, 0.15) is 11.9 Å². The highest BCUT2D eigenvalue weighted by molar-refractivity contribution is 5.28. The summed E-state index contributed by atoms with van der Waals surface area (Å²) in [6.45, 7) is 3.63. The highest BCUT2D eigenvalue weighted by Gasteiger charge is 2.13. The largest absolute Gasteiger partial charge is 0.508 e. The van der Waals surface area contributed by atoms with Crippen molar-refractivity contribution in [3.8, 4) is 5.75 Å². The van der Waals surface area contributed by atoms with Crippen molar-refractivity contribution in [2.75, 3.05) is 0 Å². The average Bonchev–Trinajstić information content (AvgIpc) is 2.03. The molecule has 0 saturated carbocycles. The van der Waals surface area contributed by atoms with Crippen molar-refractivity contribution in [1.29, 1.82) is 0 Å². The molecule has 0 aliphatic heterocycles. The number of phenols is 1. The van der Waals surface area contributed by atoms with Gasteiger partial charge in [0.2, 0.25) is 0 Å². The summed E-state index contributed by atoms with van der Waals surface area (Å²) in [6, 6.07) is 6.34. The van der Waals surface area contributed by atoms with Gasteiger partial charge in [0.15, 0.2) is 0 Å². The molecule has 0 amide bonds. The molecule has 2 heteroatoms. The summed E-state index contributed by atoms with van der Waals surface area (Å²) in [4.78, 5) is 0. The van der Waals surface area contributed by atoms with Crippen molar-refractivity contribution < 1.29 is 9.50 Å². The minimum absolute atomic E-state index is 0.0493. The van der Waals surface area contributed by atoms with Gasteiger partial charge < -0.3 is 5.11 Å². The lowest BCUT2D eigenvalue weighted by Crippen LogP contribution is -1.99. The number of rotatable bonds is 2. The van der Waals surface area contributed by atoms with E-state index >= 15 is 0 Å². The Morgan fingerprint density at radius 2 is 2.00 bits per heavy atom. The minimum Gasteiger partial charge on any atom is -0.508 e. The molecule has 12 heavy (non-hydrogen) atoms. The van der Waals surface area contributed by atoms with Crippen LogP contribution in [0.5, 0.6) is 5.75 Å². The standard InChI is InChI=1S/C10H13FO/c1-7(2)10(11)8-4-3-5-9(12)6-8/h3-7,10,12H,1-2H3. The molecule has 0 aliphatic rings. The van der Waals surface area contributed by atoms with Crippen LogP contribution in [-0.2, 0) is 0 Å². The van der Waals surface area contributed by atoms with Gasteiger partial charge in [-0.05, 0) is 23.6 Å². The molecule has 0 heterocycles. The summed E-state index contributed by atoms with van der Waals surface area (Å²) in [5, 5.41) is 9.08. The molecule has 1 N–H and O–H groups in total. The number of alkyl halides is 1. The third-order valence-corrected chi connectivity index (χ3v) is 1.77. The fourth-order valence-electron chi connectivity index (χ4n) is 1.08. The van der Waals surface area contributed by atoms with Crippen molar-refractivity contribution in [2.45, 2.75) is 20.0 Å². The van der Waals surface area contributed by atoms with E-state index in [2.05, 4.69) is 0 Å². The lowest BCUT2D eigenvalue weighted by molar-refractivity contribution is 0.261. The molecule has 0 aromatic heterocycles. The molecular weight excluding hydrogens is 155 g/mol. The molecule has 1 unspecified atom stereocenters. The van der Waals surface area contributed by atoms with Crippen LogP contribution in [0.15, 0.2) is 24.3 Å². The quantitative estimate of drug-likeness (QED) is 0.719. The van der Waals surface area contributed by atoms with Crippen molar-refractivity contribution in [1.82, 2.24) is 0 Å². The molecule has 0 aliphatic carbocycles. The van der Waals surface area contributed by atoms with E-state index in [1.165, 1.54) is 12.1 Å². The van der Waals surface area contributed by atoms with Crippen LogP contribution >= 0.6 is 0 Å². The van der Waals surface area contributed by atoms with Crippen LogP contribution in [0, 0.1) is 5.92 Å². The zero-order valence-corrected chi connectivity index (χ0v) is 7.29. The summed E-state index contributed by atoms with van der Waals surface area (Å²) >= 11 is 0. The van der Waals surface area contributed by atoms with Crippen LogP contribution in [0.4, 0.5) is 4.39 Å². The molecule has 0 radical (unpaired) electrons. The Labute approximate surface area is 71.9 Å². The minimum atomic E-state index is -0.989. The molecule has 0 bridgehead atoms. The summed E-state index contributed by atoms with van der Waals surface area (Å²) in [7, 11) is 0. The second-order valence-corrected chi connectivity index (χ2v) is 3.24. The highest BCUT2D eigenvalue weighted by atomic mass is 19.1. The van der Waals surface area contributed by atoms with Gasteiger partial charge in [-0.25, -0.2) is 4.39 Å². The van der Waals surface area contributed by atoms with Crippen LogP contribution in [-0.4, -0.2) is 5.11 Å². The molecular formula is C10H13FO. The molecule has 0 spiro atoms. The first-order chi connectivity index (χ1) is 5.61. The van der Waals surface area contributed by atoms with Crippen LogP contribution in [0.1, 0.15) is 25.6 Å². The van der Waals surface area contributed by atoms with E-state index in [0.717, 1.165) is 0 Å². The van der Waals surface area contributed by atoms with Gasteiger partial charge in [0, 0.05) is 0 Å². The zero-order chi connectivity index (χ0) is 9.14. The van der Waals surface area contributed by atoms with Gasteiger partial charge in [-0.15, -0.1) is 0 Å². The van der Waals surface area contributed by atoms with Crippen LogP contribution in [0.25, 0.3) is 0 Å². The van der Waals surface area contributed by atoms with E-state index in [0.29, 0.717) is 5.56 Å². The van der Waals surface area contributed by atoms with Gasteiger partial charge >= 0.3 is 0 Å². The number of aromatic hydroxyl groups is 1. The normalized spacial score (nSPS) is 13.3. The van der Waals surface area contributed by atoms with E-state index in [9.17, 15) is 4.39 Å². The predicted octanol–water partition coefficient (Wildman–Crippen LogP) is 3.06. The lowest BCUT2D eigenvalue weighted by atomic mass is 10.0. The molecule has 1 rings (SSSR count). The fraction of sp³-hybridized carbons (Fsp3) is 0.400. The molecule has 0 fully saturated rings. The highest BCUT2D eigenvalue weighted by Crippen LogP contribution is 2.27. The van der Waals surface area contributed by atoms with E-state index < -0.39 is 6.17 Å². The SMILES string of the molecule is CC(C)C(F)c1cccc(O)c1. The Bertz CT molecular complexity index is 258. The van der Waals surface area contributed by atoms with Crippen molar-refractivity contribution in [3.05, 3.63) is 29.8 Å². The second kappa shape index (κ2) is 3.57. The van der Waals surface area contributed by atoms with E-state index in [1.807, 2.05) is 13.8 Å². The summed E-state index contributed by atoms with van der Waals surface area (Å²) in [5.74, 6) is 0.0719. The molecule has 66 valence electrons. The van der Waals surface area contributed by atoms with Gasteiger partial charge in [-0.1, -0.05) is 26.0 Å². The third-order valence-electron chi connectivity index (χ3n) is 1.77. The fourth-order valence-corrected chi connectivity index (χ4v) is 1.08. The summed E-state index contributed by atoms with van der Waals surface area (Å²) in [5.41, 5.74) is 0.546. The van der Waals surface area contributed by atoms with Gasteiger partial charge in [-0.3, -0.25) is 0 Å². The monoisotopic (exact) mass is 168 g/mol. The maximum atomic E-state index is 13.3. The Morgan fingerprint density at radius 3 is 2.50 bits per heavy atom. The van der Waals surface area contributed by atoms with Crippen molar-refractivity contribution in [3.63, 3.8) is 0 Å². The smallest absolute Gasteiger partial charge is 0.128 e. The van der Waals surface area contributed by atoms with Gasteiger partial charge in [0.25, 0.3) is 0 Å². The van der Waals surface area contributed by atoms with E-state index in [4.69, 9.17) is 5.11 Å². The van der Waals surface area contributed by atoms with E-state index in [-0.39, 0.29) is 11.7 Å². The summed E-state index contributed by atoms with van der Waals surface area (Å²) < 4.78 is 13.3. The van der Waals surface area contributed by atoms with Gasteiger partial charge in [-0.2, -0.15) is 0 Å². The Balaban J connectivity index is 2.88. The molecule has 1 aromatic carbocycles. The molecule has 1 aromatic rings. The molecule has 1 nitrogen and oxygen atoms in total. The lowest BCUT2D eigenvalue weighted by Gasteiger charge is -2.11. The number of hydrogen-bond donors (Lipinski definition) is 1. The Hall–Kier alpha value is -1.05. The number of phenolic OH excluding ortho intramolecular Hbond substituents is 1. The third kappa shape index (κ3) is 1.97. The predicted molar refractivity (Wildman–Crippen MR) is 46.8 cm³/mol. The van der Waals surface area contributed by atoms with E-state index in [1.54, 1.807) is 12.1 Å².